The molecule has 0 amide bonds. The molecule has 41 heavy (non-hydrogen) atoms. The molecule has 0 fully saturated rings. The van der Waals surface area contributed by atoms with Crippen LogP contribution >= 0.6 is 11.8 Å². The van der Waals surface area contributed by atoms with Crippen molar-refractivity contribution in [3.63, 3.8) is 0 Å². The fourth-order valence-electron chi connectivity index (χ4n) is 6.82. The SMILES string of the molecule is c1ccc(N2c3cccc4c3B3c5c(cc(-c6ccc7oc8cccnc8c7c6)cc5[I-]c5cccc2c53)S4)cc1. The maximum absolute atomic E-state index is 6.07. The van der Waals surface area contributed by atoms with Gasteiger partial charge in [0, 0.05) is 0 Å². The van der Waals surface area contributed by atoms with Crippen LogP contribution in [0.15, 0.2) is 130 Å². The van der Waals surface area contributed by atoms with Crippen LogP contribution < -0.4 is 42.5 Å². The number of anilines is 3. The fourth-order valence-corrected chi connectivity index (χ4v) is 11.5. The summed E-state index contributed by atoms with van der Waals surface area (Å²) in [4.78, 5) is 9.87. The molecule has 0 aliphatic carbocycles. The van der Waals surface area contributed by atoms with Crippen LogP contribution in [0.1, 0.15) is 0 Å². The van der Waals surface area contributed by atoms with E-state index in [1.54, 1.807) is 3.57 Å². The Morgan fingerprint density at radius 1 is 0.659 bits per heavy atom. The van der Waals surface area contributed by atoms with Crippen LogP contribution in [0.3, 0.4) is 0 Å². The van der Waals surface area contributed by atoms with Gasteiger partial charge < -0.3 is 0 Å². The van der Waals surface area contributed by atoms with Gasteiger partial charge in [-0.15, -0.1) is 0 Å². The van der Waals surface area contributed by atoms with Gasteiger partial charge in [0.15, 0.2) is 0 Å². The number of hydrogen-bond acceptors (Lipinski definition) is 4. The van der Waals surface area contributed by atoms with Gasteiger partial charge in [-0.2, -0.15) is 0 Å². The molecule has 2 aromatic heterocycles. The van der Waals surface area contributed by atoms with E-state index in [1.807, 2.05) is 30.1 Å². The molecular weight excluding hydrogens is 634 g/mol. The molecule has 0 unspecified atom stereocenters. The first-order valence-corrected chi connectivity index (χ1v) is 16.7. The molecule has 3 aliphatic rings. The predicted octanol–water partition coefficient (Wildman–Crippen LogP) is 3.85. The van der Waals surface area contributed by atoms with E-state index in [0.717, 1.165) is 22.1 Å². The third-order valence-electron chi connectivity index (χ3n) is 8.51. The van der Waals surface area contributed by atoms with Crippen LogP contribution in [0.5, 0.6) is 0 Å². The van der Waals surface area contributed by atoms with E-state index in [4.69, 9.17) is 4.42 Å². The number of aromatic nitrogens is 1. The average molecular weight is 653 g/mol. The van der Waals surface area contributed by atoms with Crippen molar-refractivity contribution in [2.24, 2.45) is 0 Å². The molecule has 0 atom stereocenters. The number of hydrogen-bond donors (Lipinski definition) is 0. The van der Waals surface area contributed by atoms with Gasteiger partial charge in [-0.3, -0.25) is 0 Å². The first kappa shape index (κ1) is 22.7. The van der Waals surface area contributed by atoms with Gasteiger partial charge in [0.05, 0.1) is 0 Å². The van der Waals surface area contributed by atoms with Crippen LogP contribution in [0.2, 0.25) is 0 Å². The van der Waals surface area contributed by atoms with Crippen LogP contribution in [0, 0.1) is 7.14 Å². The number of nitrogens with zero attached hydrogens (tertiary/aromatic N) is 2. The summed E-state index contributed by atoms with van der Waals surface area (Å²) in [6.45, 7) is 0.283. The van der Waals surface area contributed by atoms with Gasteiger partial charge in [0.1, 0.15) is 0 Å². The number of pyridine rings is 1. The van der Waals surface area contributed by atoms with Gasteiger partial charge in [-0.05, 0) is 0 Å². The second-order valence-corrected chi connectivity index (χ2v) is 14.6. The summed E-state index contributed by atoms with van der Waals surface area (Å²) in [5.41, 5.74) is 13.5. The topological polar surface area (TPSA) is 29.3 Å². The molecule has 5 aromatic carbocycles. The number of para-hydroxylation sites is 1. The van der Waals surface area contributed by atoms with Crippen LogP contribution in [-0.2, 0) is 0 Å². The second-order valence-electron chi connectivity index (χ2n) is 10.7. The molecule has 0 bridgehead atoms. The Morgan fingerprint density at radius 3 is 2.46 bits per heavy atom. The van der Waals surface area contributed by atoms with E-state index in [0.29, 0.717) is 0 Å². The van der Waals surface area contributed by atoms with Gasteiger partial charge in [-0.25, -0.2) is 0 Å². The molecule has 0 spiro atoms. The Labute approximate surface area is 251 Å². The summed E-state index contributed by atoms with van der Waals surface area (Å²) in [6.07, 6.45) is 1.84. The summed E-state index contributed by atoms with van der Waals surface area (Å²) >= 11 is 1.60. The van der Waals surface area contributed by atoms with Crippen molar-refractivity contribution in [1.82, 2.24) is 4.98 Å². The Morgan fingerprint density at radius 2 is 1.54 bits per heavy atom. The van der Waals surface area contributed by atoms with Gasteiger partial charge in [0.25, 0.3) is 0 Å². The summed E-state index contributed by atoms with van der Waals surface area (Å²) in [5, 5.41) is 1.07. The number of benzene rings is 5. The third kappa shape index (κ3) is 3.09. The zero-order valence-electron chi connectivity index (χ0n) is 21.6. The first-order chi connectivity index (χ1) is 20.3. The Balaban J connectivity index is 1.20. The first-order valence-electron chi connectivity index (χ1n) is 13.7. The summed E-state index contributed by atoms with van der Waals surface area (Å²) in [5.74, 6) is 0. The fraction of sp³-hybridized carbons (Fsp3) is 0. The van der Waals surface area contributed by atoms with E-state index in [-0.39, 0.29) is 27.9 Å². The Hall–Kier alpha value is -4.01. The number of furan rings is 1. The van der Waals surface area contributed by atoms with E-state index in [1.165, 1.54) is 57.9 Å². The van der Waals surface area contributed by atoms with Crippen molar-refractivity contribution < 1.29 is 25.6 Å². The van der Waals surface area contributed by atoms with E-state index in [2.05, 4.69) is 107 Å². The molecule has 0 radical (unpaired) electrons. The zero-order valence-corrected chi connectivity index (χ0v) is 24.6. The molecule has 0 saturated heterocycles. The Bertz CT molecular complexity index is 2170. The standard InChI is InChI=1S/C35H19BIN2OS/c1-2-7-22(8-3-1)39-26-10-4-9-24-32(26)36-33-25(37-24)18-21(19-31(33)41-30-13-5-11-27(39)34(30)36)20-14-15-28-23(17-20)35-29(40-28)12-6-16-38-35/h1-19H/q-1. The molecule has 6 heteroatoms. The van der Waals surface area contributed by atoms with Crippen molar-refractivity contribution in [2.45, 2.75) is 9.79 Å². The Kier molecular flexibility index (Phi) is 4.57. The molecular formula is C35H19BIN2OS-. The van der Waals surface area contributed by atoms with E-state index in [9.17, 15) is 0 Å². The van der Waals surface area contributed by atoms with E-state index < -0.39 is 0 Å². The van der Waals surface area contributed by atoms with Crippen LogP contribution in [0.25, 0.3) is 33.2 Å². The van der Waals surface area contributed by atoms with Crippen LogP contribution in [-0.4, -0.2) is 11.7 Å². The molecule has 3 aliphatic heterocycles. The molecule has 3 nitrogen and oxygen atoms in total. The van der Waals surface area contributed by atoms with Crippen molar-refractivity contribution >= 4 is 74.0 Å². The molecule has 5 heterocycles. The summed E-state index contributed by atoms with van der Waals surface area (Å²) in [7, 11) is 0. The number of rotatable bonds is 2. The maximum atomic E-state index is 6.07. The van der Waals surface area contributed by atoms with Crippen molar-refractivity contribution in [1.29, 1.82) is 0 Å². The summed E-state index contributed by atoms with van der Waals surface area (Å²) in [6, 6.07) is 40.0. The minimum absolute atomic E-state index is 0.283. The van der Waals surface area contributed by atoms with Crippen molar-refractivity contribution in [3.8, 4) is 11.1 Å². The van der Waals surface area contributed by atoms with Gasteiger partial charge in [0.2, 0.25) is 0 Å². The second kappa shape index (κ2) is 8.27. The van der Waals surface area contributed by atoms with Gasteiger partial charge >= 0.3 is 253 Å². The van der Waals surface area contributed by atoms with Crippen molar-refractivity contribution in [3.05, 3.63) is 123 Å². The monoisotopic (exact) mass is 653 g/mol. The van der Waals surface area contributed by atoms with Crippen LogP contribution in [0.4, 0.5) is 17.1 Å². The number of halogens is 1. The normalized spacial score (nSPS) is 14.2. The minimum atomic E-state index is -0.343. The van der Waals surface area contributed by atoms with Gasteiger partial charge in [-0.1, -0.05) is 0 Å². The molecule has 10 rings (SSSR count). The molecule has 0 saturated carbocycles. The molecule has 0 N–H and O–H groups in total. The zero-order chi connectivity index (χ0) is 26.7. The van der Waals surface area contributed by atoms with E-state index >= 15 is 0 Å². The summed E-state index contributed by atoms with van der Waals surface area (Å²) < 4.78 is 9.15. The van der Waals surface area contributed by atoms with Crippen molar-refractivity contribution in [2.75, 3.05) is 4.90 Å². The third-order valence-corrected chi connectivity index (χ3v) is 12.6. The molecule has 192 valence electrons. The average Bonchev–Trinajstić information content (AvgIpc) is 3.39. The number of fused-ring (bicyclic) bond motifs is 3. The quantitative estimate of drug-likeness (QED) is 0.210. The predicted molar refractivity (Wildman–Crippen MR) is 164 cm³/mol. The molecule has 7 aromatic rings.